The first-order valence-corrected chi connectivity index (χ1v) is 11.4. The smallest absolute Gasteiger partial charge is 0.343 e. The second-order valence-corrected chi connectivity index (χ2v) is 7.66. The molecular weight excluding hydrogens is 481 g/mol. The highest BCUT2D eigenvalue weighted by Crippen LogP contribution is 2.28. The molecule has 0 aliphatic carbocycles. The Morgan fingerprint density at radius 2 is 1.65 bits per heavy atom. The van der Waals surface area contributed by atoms with Crippen LogP contribution in [0, 0.1) is 5.82 Å². The molecule has 0 fully saturated rings. The lowest BCUT2D eigenvalue weighted by Gasteiger charge is -2.10. The molecule has 3 rings (SSSR count). The molecule has 2 amide bonds. The third kappa shape index (κ3) is 8.17. The number of nitrogens with zero attached hydrogens (tertiary/aromatic N) is 1. The van der Waals surface area contributed by atoms with Crippen LogP contribution in [0.4, 0.5) is 4.39 Å². The molecule has 3 aromatic carbocycles. The van der Waals surface area contributed by atoms with Gasteiger partial charge in [-0.25, -0.2) is 14.6 Å². The van der Waals surface area contributed by atoms with Crippen LogP contribution >= 0.6 is 0 Å². The van der Waals surface area contributed by atoms with Crippen LogP contribution in [0.5, 0.6) is 17.2 Å². The van der Waals surface area contributed by atoms with E-state index in [9.17, 15) is 18.8 Å². The van der Waals surface area contributed by atoms with E-state index in [2.05, 4.69) is 15.8 Å². The molecular formula is C27H26FN3O6. The summed E-state index contributed by atoms with van der Waals surface area (Å²) in [5.41, 5.74) is 3.43. The Morgan fingerprint density at radius 1 is 0.946 bits per heavy atom. The summed E-state index contributed by atoms with van der Waals surface area (Å²) in [6.45, 7) is 2.28. The highest BCUT2D eigenvalue weighted by molar-refractivity contribution is 5.96. The number of esters is 1. The van der Waals surface area contributed by atoms with Gasteiger partial charge in [0, 0.05) is 5.56 Å². The van der Waals surface area contributed by atoms with Gasteiger partial charge in [0.05, 0.1) is 32.0 Å². The number of benzene rings is 3. The van der Waals surface area contributed by atoms with Crippen LogP contribution in [-0.4, -0.2) is 44.3 Å². The molecule has 0 aliphatic heterocycles. The summed E-state index contributed by atoms with van der Waals surface area (Å²) < 4.78 is 29.2. The van der Waals surface area contributed by atoms with E-state index in [0.717, 1.165) is 18.6 Å². The van der Waals surface area contributed by atoms with Crippen molar-refractivity contribution >= 4 is 24.0 Å². The number of nitrogens with one attached hydrogen (secondary N) is 2. The van der Waals surface area contributed by atoms with Crippen LogP contribution < -0.4 is 25.0 Å². The van der Waals surface area contributed by atoms with Gasteiger partial charge in [0.25, 0.3) is 11.8 Å². The van der Waals surface area contributed by atoms with E-state index < -0.39 is 23.6 Å². The standard InChI is InChI=1S/C27H26FN3O6/c1-3-14-36-22-11-7-20(8-12-22)27(34)37-23-13-4-18(15-24(23)35-2)16-30-31-25(32)17-29-26(33)19-5-9-21(28)10-6-19/h4-13,15-16H,3,14,17H2,1-2H3,(H,29,33)(H,31,32). The lowest BCUT2D eigenvalue weighted by molar-refractivity contribution is -0.120. The molecule has 10 heteroatoms. The van der Waals surface area contributed by atoms with Crippen molar-refractivity contribution in [2.45, 2.75) is 13.3 Å². The molecule has 9 nitrogen and oxygen atoms in total. The second kappa shape index (κ2) is 13.4. The molecule has 192 valence electrons. The molecule has 0 atom stereocenters. The second-order valence-electron chi connectivity index (χ2n) is 7.66. The van der Waals surface area contributed by atoms with Crippen LogP contribution in [0.2, 0.25) is 0 Å². The number of ether oxygens (including phenoxy) is 3. The van der Waals surface area contributed by atoms with E-state index in [1.807, 2.05) is 6.92 Å². The first-order valence-electron chi connectivity index (χ1n) is 11.4. The fourth-order valence-corrected chi connectivity index (χ4v) is 3.00. The van der Waals surface area contributed by atoms with Crippen molar-refractivity contribution < 1.29 is 33.0 Å². The Morgan fingerprint density at radius 3 is 2.32 bits per heavy atom. The Bertz CT molecular complexity index is 1260. The van der Waals surface area contributed by atoms with E-state index in [-0.39, 0.29) is 23.6 Å². The van der Waals surface area contributed by atoms with Gasteiger partial charge in [-0.1, -0.05) is 6.92 Å². The lowest BCUT2D eigenvalue weighted by Crippen LogP contribution is -2.34. The Balaban J connectivity index is 1.52. The highest BCUT2D eigenvalue weighted by atomic mass is 19.1. The van der Waals surface area contributed by atoms with E-state index in [1.165, 1.54) is 25.5 Å². The van der Waals surface area contributed by atoms with Gasteiger partial charge >= 0.3 is 5.97 Å². The maximum absolute atomic E-state index is 12.9. The average molecular weight is 508 g/mol. The molecule has 0 radical (unpaired) electrons. The minimum absolute atomic E-state index is 0.212. The number of amides is 2. The zero-order valence-electron chi connectivity index (χ0n) is 20.3. The van der Waals surface area contributed by atoms with Gasteiger partial charge in [0.15, 0.2) is 11.5 Å². The monoisotopic (exact) mass is 507 g/mol. The first-order chi connectivity index (χ1) is 17.9. The Labute approximate surface area is 213 Å². The van der Waals surface area contributed by atoms with Gasteiger partial charge in [-0.15, -0.1) is 0 Å². The van der Waals surface area contributed by atoms with Gasteiger partial charge < -0.3 is 19.5 Å². The number of hydrogen-bond donors (Lipinski definition) is 2. The number of rotatable bonds is 11. The minimum Gasteiger partial charge on any atom is -0.494 e. The molecule has 3 aromatic rings. The van der Waals surface area contributed by atoms with Crippen LogP contribution in [0.1, 0.15) is 39.6 Å². The van der Waals surface area contributed by atoms with Crippen LogP contribution in [0.3, 0.4) is 0 Å². The molecule has 0 aromatic heterocycles. The van der Waals surface area contributed by atoms with Gasteiger partial charge in [-0.2, -0.15) is 5.10 Å². The molecule has 0 bridgehead atoms. The number of hydrogen-bond acceptors (Lipinski definition) is 7. The maximum atomic E-state index is 12.9. The lowest BCUT2D eigenvalue weighted by atomic mass is 10.2. The first kappa shape index (κ1) is 26.9. The van der Waals surface area contributed by atoms with E-state index in [1.54, 1.807) is 42.5 Å². The molecule has 0 saturated carbocycles. The fraction of sp³-hybridized carbons (Fsp3) is 0.185. The van der Waals surface area contributed by atoms with Crippen LogP contribution in [-0.2, 0) is 4.79 Å². The minimum atomic E-state index is -0.560. The molecule has 2 N–H and O–H groups in total. The largest absolute Gasteiger partial charge is 0.494 e. The van der Waals surface area contributed by atoms with Crippen molar-refractivity contribution in [2.75, 3.05) is 20.3 Å². The van der Waals surface area contributed by atoms with E-state index in [0.29, 0.717) is 23.5 Å². The van der Waals surface area contributed by atoms with E-state index in [4.69, 9.17) is 14.2 Å². The van der Waals surface area contributed by atoms with Gasteiger partial charge in [-0.3, -0.25) is 9.59 Å². The number of halogens is 1. The summed E-state index contributed by atoms with van der Waals surface area (Å²) in [7, 11) is 1.43. The van der Waals surface area contributed by atoms with Crippen molar-refractivity contribution in [1.29, 1.82) is 0 Å². The number of methoxy groups -OCH3 is 1. The van der Waals surface area contributed by atoms with Gasteiger partial charge in [0.1, 0.15) is 11.6 Å². The Hall–Kier alpha value is -4.73. The number of hydrazone groups is 1. The van der Waals surface area contributed by atoms with Crippen molar-refractivity contribution in [2.24, 2.45) is 5.10 Å². The van der Waals surface area contributed by atoms with Crippen LogP contribution in [0.15, 0.2) is 71.8 Å². The maximum Gasteiger partial charge on any atom is 0.343 e. The highest BCUT2D eigenvalue weighted by Gasteiger charge is 2.13. The summed E-state index contributed by atoms with van der Waals surface area (Å²) in [4.78, 5) is 36.4. The average Bonchev–Trinajstić information content (AvgIpc) is 2.91. The molecule has 0 aliphatic rings. The van der Waals surface area contributed by atoms with Crippen molar-refractivity contribution in [3.63, 3.8) is 0 Å². The zero-order chi connectivity index (χ0) is 26.6. The molecule has 0 heterocycles. The van der Waals surface area contributed by atoms with Crippen LogP contribution in [0.25, 0.3) is 0 Å². The normalized spacial score (nSPS) is 10.6. The number of carbonyl (C=O) groups is 3. The SMILES string of the molecule is CCCOc1ccc(C(=O)Oc2ccc(C=NNC(=O)CNC(=O)c3ccc(F)cc3)cc2OC)cc1. The quantitative estimate of drug-likeness (QED) is 0.177. The molecule has 37 heavy (non-hydrogen) atoms. The molecule has 0 unspecified atom stereocenters. The molecule has 0 spiro atoms. The Kier molecular flexibility index (Phi) is 9.72. The van der Waals surface area contributed by atoms with Gasteiger partial charge in [0.2, 0.25) is 0 Å². The fourth-order valence-electron chi connectivity index (χ4n) is 3.00. The predicted molar refractivity (Wildman–Crippen MR) is 135 cm³/mol. The predicted octanol–water partition coefficient (Wildman–Crippen LogP) is 3.72. The van der Waals surface area contributed by atoms with E-state index >= 15 is 0 Å². The van der Waals surface area contributed by atoms with Crippen molar-refractivity contribution in [1.82, 2.24) is 10.7 Å². The molecule has 0 saturated heterocycles. The third-order valence-corrected chi connectivity index (χ3v) is 4.87. The number of carbonyl (C=O) groups excluding carboxylic acids is 3. The summed E-state index contributed by atoms with van der Waals surface area (Å²) in [5.74, 6) is -0.931. The topological polar surface area (TPSA) is 115 Å². The third-order valence-electron chi connectivity index (χ3n) is 4.87. The summed E-state index contributed by atoms with van der Waals surface area (Å²) in [6.07, 6.45) is 2.25. The van der Waals surface area contributed by atoms with Gasteiger partial charge in [-0.05, 0) is 78.7 Å². The zero-order valence-corrected chi connectivity index (χ0v) is 20.3. The van der Waals surface area contributed by atoms with Crippen molar-refractivity contribution in [3.8, 4) is 17.2 Å². The summed E-state index contributed by atoms with van der Waals surface area (Å²) >= 11 is 0. The van der Waals surface area contributed by atoms with Crippen molar-refractivity contribution in [3.05, 3.63) is 89.2 Å². The summed E-state index contributed by atoms with van der Waals surface area (Å²) in [6, 6.07) is 16.3. The summed E-state index contributed by atoms with van der Waals surface area (Å²) in [5, 5.41) is 6.26.